The highest BCUT2D eigenvalue weighted by atomic mass is 35.5. The van der Waals surface area contributed by atoms with E-state index in [4.69, 9.17) is 32.7 Å². The van der Waals surface area contributed by atoms with Crippen molar-refractivity contribution in [3.05, 3.63) is 69.7 Å². The molecule has 2 fully saturated rings. The van der Waals surface area contributed by atoms with Crippen molar-refractivity contribution in [3.63, 3.8) is 0 Å². The van der Waals surface area contributed by atoms with Gasteiger partial charge in [0.05, 0.1) is 12.5 Å². The van der Waals surface area contributed by atoms with Crippen molar-refractivity contribution in [3.8, 4) is 0 Å². The van der Waals surface area contributed by atoms with Crippen molar-refractivity contribution in [1.82, 2.24) is 9.80 Å². The molecule has 1 heterocycles. The topological polar surface area (TPSA) is 42.0 Å². The quantitative estimate of drug-likeness (QED) is 0.306. The fourth-order valence-electron chi connectivity index (χ4n) is 4.66. The Balaban J connectivity index is 1.19. The number of halogens is 2. The fraction of sp³-hybridized carbons (Fsp3) is 0.519. The first-order valence-electron chi connectivity index (χ1n) is 12.3. The normalized spacial score (nSPS) is 21.1. The molecule has 4 rings (SSSR count). The number of carbonyl (C=O) groups excluding carboxylic acids is 1. The van der Waals surface area contributed by atoms with Crippen LogP contribution in [0.4, 0.5) is 0 Å². The summed E-state index contributed by atoms with van der Waals surface area (Å²) < 4.78 is 11.5. The number of rotatable bonds is 11. The molecule has 2 atom stereocenters. The third-order valence-corrected chi connectivity index (χ3v) is 7.22. The van der Waals surface area contributed by atoms with Crippen molar-refractivity contribution < 1.29 is 14.3 Å². The van der Waals surface area contributed by atoms with Crippen molar-refractivity contribution in [1.29, 1.82) is 0 Å². The van der Waals surface area contributed by atoms with Gasteiger partial charge in [0, 0.05) is 55.9 Å². The van der Waals surface area contributed by atoms with Crippen LogP contribution in [0, 0.1) is 11.8 Å². The third-order valence-electron chi connectivity index (χ3n) is 6.72. The summed E-state index contributed by atoms with van der Waals surface area (Å²) in [4.78, 5) is 16.8. The standard InChI is InChI=1S/C27H34Cl2N2O3/c1-2-33-27(32)25-18-22(25)19-31-15-13-30(14-16-31)12-3-17-34-26(20-4-8-23(28)9-5-20)21-6-10-24(29)11-7-21/h4-11,22,25-26H,2-3,12-19H2,1H3. The summed E-state index contributed by atoms with van der Waals surface area (Å²) >= 11 is 12.2. The van der Waals surface area contributed by atoms with E-state index in [1.54, 1.807) is 0 Å². The van der Waals surface area contributed by atoms with E-state index in [-0.39, 0.29) is 18.0 Å². The van der Waals surface area contributed by atoms with Crippen LogP contribution in [0.5, 0.6) is 0 Å². The smallest absolute Gasteiger partial charge is 0.309 e. The van der Waals surface area contributed by atoms with Crippen LogP contribution in [0.2, 0.25) is 10.0 Å². The van der Waals surface area contributed by atoms with E-state index >= 15 is 0 Å². The maximum Gasteiger partial charge on any atom is 0.309 e. The summed E-state index contributed by atoms with van der Waals surface area (Å²) in [7, 11) is 0. The predicted octanol–water partition coefficient (Wildman–Crippen LogP) is 5.31. The molecule has 0 radical (unpaired) electrons. The third kappa shape index (κ3) is 7.19. The summed E-state index contributed by atoms with van der Waals surface area (Å²) in [6.45, 7) is 9.32. The van der Waals surface area contributed by atoms with E-state index in [1.165, 1.54) is 0 Å². The molecule has 2 aromatic rings. The molecule has 0 spiro atoms. The molecule has 2 unspecified atom stereocenters. The Labute approximate surface area is 212 Å². The number of piperazine rings is 1. The Hall–Kier alpha value is -1.63. The van der Waals surface area contributed by atoms with Crippen LogP contribution >= 0.6 is 23.2 Å². The number of carbonyl (C=O) groups is 1. The first-order valence-corrected chi connectivity index (χ1v) is 13.0. The highest BCUT2D eigenvalue weighted by Crippen LogP contribution is 2.40. The van der Waals surface area contributed by atoms with Crippen LogP contribution in [0.25, 0.3) is 0 Å². The van der Waals surface area contributed by atoms with Gasteiger partial charge in [0.2, 0.25) is 0 Å². The molecule has 5 nitrogen and oxygen atoms in total. The molecule has 1 aliphatic heterocycles. The lowest BCUT2D eigenvalue weighted by Crippen LogP contribution is -2.47. The van der Waals surface area contributed by atoms with Crippen LogP contribution in [0.1, 0.15) is 37.0 Å². The van der Waals surface area contributed by atoms with Crippen molar-refractivity contribution >= 4 is 29.2 Å². The van der Waals surface area contributed by atoms with Gasteiger partial charge >= 0.3 is 5.97 Å². The lowest BCUT2D eigenvalue weighted by Gasteiger charge is -2.34. The predicted molar refractivity (Wildman–Crippen MR) is 136 cm³/mol. The molecule has 1 saturated carbocycles. The van der Waals surface area contributed by atoms with E-state index in [0.717, 1.165) is 73.3 Å². The Morgan fingerprint density at radius 2 is 1.50 bits per heavy atom. The van der Waals surface area contributed by atoms with Crippen molar-refractivity contribution in [2.45, 2.75) is 25.9 Å². The van der Waals surface area contributed by atoms with E-state index in [9.17, 15) is 4.79 Å². The Morgan fingerprint density at radius 1 is 0.941 bits per heavy atom. The summed E-state index contributed by atoms with van der Waals surface area (Å²) in [6, 6.07) is 15.7. The van der Waals surface area contributed by atoms with Crippen LogP contribution < -0.4 is 0 Å². The molecule has 1 aliphatic carbocycles. The highest BCUT2D eigenvalue weighted by Gasteiger charge is 2.44. The maximum atomic E-state index is 11.8. The lowest BCUT2D eigenvalue weighted by atomic mass is 10.0. The van der Waals surface area contributed by atoms with Gasteiger partial charge in [0.1, 0.15) is 6.10 Å². The minimum absolute atomic E-state index is 0.0124. The molecular weight excluding hydrogens is 471 g/mol. The zero-order valence-corrected chi connectivity index (χ0v) is 21.3. The number of hydrogen-bond donors (Lipinski definition) is 0. The van der Waals surface area contributed by atoms with Gasteiger partial charge in [-0.2, -0.15) is 0 Å². The van der Waals surface area contributed by atoms with Gasteiger partial charge in [-0.1, -0.05) is 47.5 Å². The average Bonchev–Trinajstić information content (AvgIpc) is 3.61. The second-order valence-electron chi connectivity index (χ2n) is 9.20. The minimum Gasteiger partial charge on any atom is -0.466 e. The Bertz CT molecular complexity index is 869. The molecule has 7 heteroatoms. The zero-order valence-electron chi connectivity index (χ0n) is 19.8. The van der Waals surface area contributed by atoms with Crippen molar-refractivity contribution in [2.24, 2.45) is 11.8 Å². The number of ether oxygens (including phenoxy) is 2. The van der Waals surface area contributed by atoms with Gasteiger partial charge in [0.15, 0.2) is 0 Å². The van der Waals surface area contributed by atoms with E-state index in [0.29, 0.717) is 19.1 Å². The molecule has 0 N–H and O–H groups in total. The number of benzene rings is 2. The maximum absolute atomic E-state index is 11.8. The molecular formula is C27H34Cl2N2O3. The van der Waals surface area contributed by atoms with Crippen molar-refractivity contribution in [2.75, 3.05) is 52.5 Å². The summed E-state index contributed by atoms with van der Waals surface area (Å²) in [5.41, 5.74) is 2.17. The van der Waals surface area contributed by atoms with Gasteiger partial charge in [-0.25, -0.2) is 0 Å². The second-order valence-corrected chi connectivity index (χ2v) is 10.1. The number of esters is 1. The molecule has 2 aromatic carbocycles. The average molecular weight is 505 g/mol. The summed E-state index contributed by atoms with van der Waals surface area (Å²) in [5.74, 6) is 0.600. The Kier molecular flexibility index (Phi) is 9.26. The number of nitrogens with zero attached hydrogens (tertiary/aromatic N) is 2. The van der Waals surface area contributed by atoms with E-state index < -0.39 is 0 Å². The first kappa shape index (κ1) is 25.5. The molecule has 0 amide bonds. The van der Waals surface area contributed by atoms with Crippen LogP contribution in [-0.2, 0) is 14.3 Å². The largest absolute Gasteiger partial charge is 0.466 e. The van der Waals surface area contributed by atoms with Crippen LogP contribution in [0.15, 0.2) is 48.5 Å². The molecule has 34 heavy (non-hydrogen) atoms. The second kappa shape index (κ2) is 12.4. The molecule has 2 aliphatic rings. The number of hydrogen-bond acceptors (Lipinski definition) is 5. The van der Waals surface area contributed by atoms with Gasteiger partial charge in [-0.15, -0.1) is 0 Å². The van der Waals surface area contributed by atoms with Gasteiger partial charge in [0.25, 0.3) is 0 Å². The first-order chi connectivity index (χ1) is 16.5. The van der Waals surface area contributed by atoms with Gasteiger partial charge < -0.3 is 19.3 Å². The fourth-order valence-corrected chi connectivity index (χ4v) is 4.92. The summed E-state index contributed by atoms with van der Waals surface area (Å²) in [5, 5.41) is 1.44. The summed E-state index contributed by atoms with van der Waals surface area (Å²) in [6.07, 6.45) is 1.82. The lowest BCUT2D eigenvalue weighted by molar-refractivity contribution is -0.145. The van der Waals surface area contributed by atoms with Gasteiger partial charge in [-0.3, -0.25) is 4.79 Å². The monoisotopic (exact) mass is 504 g/mol. The molecule has 1 saturated heterocycles. The molecule has 0 bridgehead atoms. The Morgan fingerprint density at radius 3 is 2.06 bits per heavy atom. The highest BCUT2D eigenvalue weighted by molar-refractivity contribution is 6.30. The van der Waals surface area contributed by atoms with Crippen LogP contribution in [0.3, 0.4) is 0 Å². The van der Waals surface area contributed by atoms with Gasteiger partial charge in [-0.05, 0) is 61.1 Å². The van der Waals surface area contributed by atoms with E-state index in [1.807, 2.05) is 55.5 Å². The zero-order chi connectivity index (χ0) is 23.9. The minimum atomic E-state index is -0.141. The SMILES string of the molecule is CCOC(=O)C1CC1CN1CCN(CCCOC(c2ccc(Cl)cc2)c2ccc(Cl)cc2)CC1. The van der Waals surface area contributed by atoms with E-state index in [2.05, 4.69) is 9.80 Å². The molecule has 0 aromatic heterocycles. The molecule has 184 valence electrons. The van der Waals surface area contributed by atoms with Crippen LogP contribution in [-0.4, -0.2) is 68.3 Å².